The van der Waals surface area contributed by atoms with Gasteiger partial charge in [-0.05, 0) is 37.7 Å². The van der Waals surface area contributed by atoms with E-state index < -0.39 is 0 Å². The quantitative estimate of drug-likeness (QED) is 0.823. The second kappa shape index (κ2) is 9.17. The highest BCUT2D eigenvalue weighted by Crippen LogP contribution is 2.20. The number of hydrogen-bond acceptors (Lipinski definition) is 5. The normalized spacial score (nSPS) is 17.8. The summed E-state index contributed by atoms with van der Waals surface area (Å²) in [6, 6.07) is 9.82. The van der Waals surface area contributed by atoms with Gasteiger partial charge in [0.25, 0.3) is 0 Å². The molecule has 1 saturated heterocycles. The molecular weight excluding hydrogens is 360 g/mol. The van der Waals surface area contributed by atoms with Crippen molar-refractivity contribution < 1.29 is 14.6 Å². The first-order valence-corrected chi connectivity index (χ1v) is 8.42. The molecule has 1 aromatic heterocycles. The zero-order valence-electron chi connectivity index (χ0n) is 13.5. The van der Waals surface area contributed by atoms with E-state index in [1.807, 2.05) is 37.4 Å². The Morgan fingerprint density at radius 3 is 2.74 bits per heavy atom. The Morgan fingerprint density at radius 2 is 2.13 bits per heavy atom. The van der Waals surface area contributed by atoms with E-state index >= 15 is 0 Å². The molecule has 3 rings (SSSR count). The number of β-amino-alcohol motifs (C(OH)–C–C–N with tert-alkyl or cyclic N) is 1. The van der Waals surface area contributed by atoms with Crippen LogP contribution < -0.4 is 4.74 Å². The molecule has 1 aliphatic heterocycles. The van der Waals surface area contributed by atoms with Gasteiger partial charge in [-0.2, -0.15) is 0 Å². The molecule has 1 aromatic carbocycles. The van der Waals surface area contributed by atoms with Gasteiger partial charge in [-0.25, -0.2) is 4.98 Å². The number of hydrogen-bond donors (Lipinski definition) is 1. The van der Waals surface area contributed by atoms with Gasteiger partial charge < -0.3 is 19.5 Å². The number of fused-ring (bicyclic) bond motifs is 1. The van der Waals surface area contributed by atoms with Crippen molar-refractivity contribution in [1.29, 1.82) is 0 Å². The summed E-state index contributed by atoms with van der Waals surface area (Å²) in [5, 5.41) is 9.95. The summed E-state index contributed by atoms with van der Waals surface area (Å²) in [6.45, 7) is 3.01. The average Bonchev–Trinajstić information content (AvgIpc) is 2.91. The SMILES string of the molecule is CN1CC[C@@H](O)C1.COCCOc1ccc2cc(Br)ccc2n1. The van der Waals surface area contributed by atoms with Crippen LogP contribution in [0.5, 0.6) is 5.88 Å². The van der Waals surface area contributed by atoms with Crippen molar-refractivity contribution in [2.24, 2.45) is 0 Å². The van der Waals surface area contributed by atoms with Crippen molar-refractivity contribution in [2.75, 3.05) is 40.5 Å². The second-order valence-corrected chi connectivity index (χ2v) is 6.45. The molecule has 0 bridgehead atoms. The topological polar surface area (TPSA) is 54.8 Å². The maximum absolute atomic E-state index is 8.86. The number of aliphatic hydroxyl groups excluding tert-OH is 1. The molecule has 0 amide bonds. The first-order chi connectivity index (χ1) is 11.1. The number of aromatic nitrogens is 1. The third-order valence-corrected chi connectivity index (χ3v) is 4.02. The lowest BCUT2D eigenvalue weighted by molar-refractivity contribution is 0.144. The molecule has 0 aliphatic carbocycles. The molecule has 0 unspecified atom stereocenters. The summed E-state index contributed by atoms with van der Waals surface area (Å²) in [5.74, 6) is 0.631. The average molecular weight is 383 g/mol. The Hall–Kier alpha value is -1.21. The lowest BCUT2D eigenvalue weighted by Crippen LogP contribution is -2.15. The minimum Gasteiger partial charge on any atom is -0.475 e. The van der Waals surface area contributed by atoms with Gasteiger partial charge in [-0.3, -0.25) is 0 Å². The summed E-state index contributed by atoms with van der Waals surface area (Å²) in [6.07, 6.45) is 0.904. The minimum atomic E-state index is -0.0509. The highest BCUT2D eigenvalue weighted by atomic mass is 79.9. The molecule has 1 fully saturated rings. The highest BCUT2D eigenvalue weighted by Gasteiger charge is 2.15. The summed E-state index contributed by atoms with van der Waals surface area (Å²) < 4.78 is 11.4. The fraction of sp³-hybridized carbons (Fsp3) is 0.471. The maximum atomic E-state index is 8.86. The molecule has 2 heterocycles. The molecule has 0 saturated carbocycles. The second-order valence-electron chi connectivity index (χ2n) is 5.53. The standard InChI is InChI=1S/C12H12BrNO2.C5H11NO/c1-15-6-7-16-12-5-2-9-8-10(13)3-4-11(9)14-12;1-6-3-2-5(7)4-6/h2-5,8H,6-7H2,1H3;5,7H,2-4H2,1H3/t;5-/m.1/s1. The first-order valence-electron chi connectivity index (χ1n) is 7.63. The van der Waals surface area contributed by atoms with Crippen molar-refractivity contribution in [3.8, 4) is 5.88 Å². The van der Waals surface area contributed by atoms with E-state index in [9.17, 15) is 0 Å². The Morgan fingerprint density at radius 1 is 1.30 bits per heavy atom. The van der Waals surface area contributed by atoms with E-state index in [1.54, 1.807) is 7.11 Å². The summed E-state index contributed by atoms with van der Waals surface area (Å²) >= 11 is 3.43. The van der Waals surface area contributed by atoms with Crippen LogP contribution in [0.15, 0.2) is 34.8 Å². The third kappa shape index (κ3) is 6.06. The predicted octanol–water partition coefficient (Wildman–Crippen LogP) is 2.71. The monoisotopic (exact) mass is 382 g/mol. The van der Waals surface area contributed by atoms with Crippen molar-refractivity contribution in [3.63, 3.8) is 0 Å². The van der Waals surface area contributed by atoms with Crippen molar-refractivity contribution in [2.45, 2.75) is 12.5 Å². The van der Waals surface area contributed by atoms with Gasteiger partial charge in [0.05, 0.1) is 18.2 Å². The van der Waals surface area contributed by atoms with E-state index in [4.69, 9.17) is 14.6 Å². The molecule has 1 aliphatic rings. The molecule has 0 radical (unpaired) electrons. The van der Waals surface area contributed by atoms with Crippen LogP contribution in [0.3, 0.4) is 0 Å². The Kier molecular flexibility index (Phi) is 7.23. The van der Waals surface area contributed by atoms with Gasteiger partial charge in [-0.1, -0.05) is 15.9 Å². The number of aliphatic hydroxyl groups is 1. The van der Waals surface area contributed by atoms with E-state index in [0.29, 0.717) is 19.1 Å². The number of benzene rings is 1. The van der Waals surface area contributed by atoms with Crippen LogP contribution in [0.2, 0.25) is 0 Å². The van der Waals surface area contributed by atoms with Crippen molar-refractivity contribution in [1.82, 2.24) is 9.88 Å². The van der Waals surface area contributed by atoms with E-state index in [0.717, 1.165) is 34.9 Å². The number of likely N-dealkylation sites (tertiary alicyclic amines) is 1. The van der Waals surface area contributed by atoms with E-state index in [2.05, 4.69) is 25.8 Å². The lowest BCUT2D eigenvalue weighted by Gasteiger charge is -2.05. The lowest BCUT2D eigenvalue weighted by atomic mass is 10.2. The molecule has 2 aromatic rings. The summed E-state index contributed by atoms with van der Waals surface area (Å²) in [7, 11) is 3.67. The Balaban J connectivity index is 0.000000229. The number of nitrogens with zero attached hydrogens (tertiary/aromatic N) is 2. The van der Waals surface area contributed by atoms with Crippen LogP contribution in [0.4, 0.5) is 0 Å². The Labute approximate surface area is 145 Å². The minimum absolute atomic E-state index is 0.0509. The van der Waals surface area contributed by atoms with Gasteiger partial charge in [0.15, 0.2) is 0 Å². The highest BCUT2D eigenvalue weighted by molar-refractivity contribution is 9.10. The molecule has 6 heteroatoms. The smallest absolute Gasteiger partial charge is 0.213 e. The molecule has 0 spiro atoms. The van der Waals surface area contributed by atoms with E-state index in [1.165, 1.54) is 0 Å². The number of halogens is 1. The van der Waals surface area contributed by atoms with Crippen LogP contribution in [-0.4, -0.2) is 61.6 Å². The molecular formula is C17H23BrN2O3. The van der Waals surface area contributed by atoms with Crippen LogP contribution in [-0.2, 0) is 4.74 Å². The van der Waals surface area contributed by atoms with Crippen LogP contribution in [0.25, 0.3) is 10.9 Å². The number of likely N-dealkylation sites (N-methyl/N-ethyl adjacent to an activating group) is 1. The predicted molar refractivity (Wildman–Crippen MR) is 94.9 cm³/mol. The first kappa shape index (κ1) is 18.1. The molecule has 5 nitrogen and oxygen atoms in total. The Bertz CT molecular complexity index is 616. The van der Waals surface area contributed by atoms with Gasteiger partial charge in [-0.15, -0.1) is 0 Å². The number of ether oxygens (including phenoxy) is 2. The van der Waals surface area contributed by atoms with Crippen molar-refractivity contribution >= 4 is 26.8 Å². The fourth-order valence-electron chi connectivity index (χ4n) is 2.30. The fourth-order valence-corrected chi connectivity index (χ4v) is 2.68. The zero-order valence-corrected chi connectivity index (χ0v) is 15.1. The van der Waals surface area contributed by atoms with Gasteiger partial charge >= 0.3 is 0 Å². The van der Waals surface area contributed by atoms with Crippen LogP contribution >= 0.6 is 15.9 Å². The maximum Gasteiger partial charge on any atom is 0.213 e. The molecule has 1 N–H and O–H groups in total. The van der Waals surface area contributed by atoms with Crippen molar-refractivity contribution in [3.05, 3.63) is 34.8 Å². The van der Waals surface area contributed by atoms with Gasteiger partial charge in [0.1, 0.15) is 6.61 Å². The molecule has 23 heavy (non-hydrogen) atoms. The van der Waals surface area contributed by atoms with E-state index in [-0.39, 0.29) is 6.10 Å². The van der Waals surface area contributed by atoms with Gasteiger partial charge in [0.2, 0.25) is 5.88 Å². The van der Waals surface area contributed by atoms with Crippen LogP contribution in [0.1, 0.15) is 6.42 Å². The number of pyridine rings is 1. The zero-order chi connectivity index (χ0) is 16.7. The van der Waals surface area contributed by atoms with Gasteiger partial charge in [0, 0.05) is 36.1 Å². The largest absolute Gasteiger partial charge is 0.475 e. The molecule has 1 atom stereocenters. The van der Waals surface area contributed by atoms with Crippen LogP contribution in [0, 0.1) is 0 Å². The summed E-state index contributed by atoms with van der Waals surface area (Å²) in [4.78, 5) is 6.52. The molecule has 126 valence electrons. The third-order valence-electron chi connectivity index (χ3n) is 3.53. The summed E-state index contributed by atoms with van der Waals surface area (Å²) in [5.41, 5.74) is 0.929. The number of methoxy groups -OCH3 is 1. The number of rotatable bonds is 4.